The van der Waals surface area contributed by atoms with Crippen molar-refractivity contribution in [1.82, 2.24) is 10.2 Å². The topological polar surface area (TPSA) is 49.4 Å². The summed E-state index contributed by atoms with van der Waals surface area (Å²) in [5.74, 6) is -0.130. The van der Waals surface area contributed by atoms with Crippen LogP contribution in [-0.2, 0) is 0 Å². The predicted molar refractivity (Wildman–Crippen MR) is 104 cm³/mol. The number of aryl methyl sites for hydroxylation is 1. The monoisotopic (exact) mass is 390 g/mol. The van der Waals surface area contributed by atoms with Gasteiger partial charge in [-0.3, -0.25) is 9.59 Å². The Kier molecular flexibility index (Phi) is 5.84. The Labute approximate surface area is 163 Å². The molecule has 2 amide bonds. The van der Waals surface area contributed by atoms with Gasteiger partial charge in [-0.15, -0.1) is 0 Å². The second kappa shape index (κ2) is 8.11. The molecule has 0 bridgehead atoms. The number of hydrogen-bond acceptors (Lipinski definition) is 2. The molecule has 0 saturated carbocycles. The Bertz CT molecular complexity index is 830. The van der Waals surface area contributed by atoms with Crippen molar-refractivity contribution in [3.63, 3.8) is 0 Å². The van der Waals surface area contributed by atoms with E-state index in [1.807, 2.05) is 36.1 Å². The average molecular weight is 391 g/mol. The highest BCUT2D eigenvalue weighted by atomic mass is 35.5. The van der Waals surface area contributed by atoms with Crippen LogP contribution in [-0.4, -0.2) is 35.8 Å². The van der Waals surface area contributed by atoms with Crippen LogP contribution in [0.25, 0.3) is 0 Å². The van der Waals surface area contributed by atoms with Gasteiger partial charge >= 0.3 is 0 Å². The van der Waals surface area contributed by atoms with Crippen LogP contribution in [0.1, 0.15) is 39.1 Å². The summed E-state index contributed by atoms with van der Waals surface area (Å²) in [6.45, 7) is 3.22. The van der Waals surface area contributed by atoms with E-state index in [1.54, 1.807) is 18.2 Å². The average Bonchev–Trinajstić information content (AvgIpc) is 2.64. The minimum absolute atomic E-state index is 0.0403. The number of hydrogen-bond donors (Lipinski definition) is 1. The maximum absolute atomic E-state index is 12.6. The molecule has 1 heterocycles. The van der Waals surface area contributed by atoms with E-state index in [2.05, 4.69) is 5.32 Å². The highest BCUT2D eigenvalue weighted by Crippen LogP contribution is 2.23. The van der Waals surface area contributed by atoms with Crippen molar-refractivity contribution in [2.75, 3.05) is 13.1 Å². The van der Waals surface area contributed by atoms with E-state index in [1.165, 1.54) is 0 Å². The summed E-state index contributed by atoms with van der Waals surface area (Å²) in [6, 6.07) is 12.5. The predicted octanol–water partition coefficient (Wildman–Crippen LogP) is 4.34. The maximum Gasteiger partial charge on any atom is 0.253 e. The number of halogens is 2. The zero-order valence-electron chi connectivity index (χ0n) is 14.5. The standard InChI is InChI=1S/C20H20Cl2N2O2/c1-13-3-2-4-15(11-13)20(26)24-9-7-16(8-10-24)23-19(25)14-5-6-17(21)18(22)12-14/h2-6,11-12,16H,7-10H2,1H3,(H,23,25). The minimum atomic E-state index is -0.174. The molecular formula is C20H20Cl2N2O2. The molecule has 0 atom stereocenters. The van der Waals surface area contributed by atoms with Gasteiger partial charge in [-0.1, -0.05) is 40.9 Å². The summed E-state index contributed by atoms with van der Waals surface area (Å²) in [4.78, 5) is 26.8. The Balaban J connectivity index is 1.55. The van der Waals surface area contributed by atoms with Crippen molar-refractivity contribution < 1.29 is 9.59 Å². The Morgan fingerprint density at radius 1 is 1.00 bits per heavy atom. The molecule has 6 heteroatoms. The van der Waals surface area contributed by atoms with Crippen LogP contribution < -0.4 is 5.32 Å². The number of benzene rings is 2. The van der Waals surface area contributed by atoms with E-state index in [9.17, 15) is 9.59 Å². The van der Waals surface area contributed by atoms with E-state index in [0.717, 1.165) is 18.4 Å². The van der Waals surface area contributed by atoms with Crippen LogP contribution >= 0.6 is 23.2 Å². The molecular weight excluding hydrogens is 371 g/mol. The van der Waals surface area contributed by atoms with E-state index < -0.39 is 0 Å². The summed E-state index contributed by atoms with van der Waals surface area (Å²) in [5, 5.41) is 3.79. The van der Waals surface area contributed by atoms with Gasteiger partial charge in [0, 0.05) is 30.3 Å². The second-order valence-corrected chi connectivity index (χ2v) is 7.35. The number of nitrogens with zero attached hydrogens (tertiary/aromatic N) is 1. The van der Waals surface area contributed by atoms with Crippen LogP contribution in [0.2, 0.25) is 10.0 Å². The number of rotatable bonds is 3. The second-order valence-electron chi connectivity index (χ2n) is 6.54. The van der Waals surface area contributed by atoms with Gasteiger partial charge in [-0.2, -0.15) is 0 Å². The first kappa shape index (κ1) is 18.7. The first-order valence-corrected chi connectivity index (χ1v) is 9.31. The molecule has 1 saturated heterocycles. The summed E-state index contributed by atoms with van der Waals surface area (Å²) < 4.78 is 0. The van der Waals surface area contributed by atoms with Crippen LogP contribution in [0.15, 0.2) is 42.5 Å². The van der Waals surface area contributed by atoms with Crippen LogP contribution in [0.4, 0.5) is 0 Å². The third kappa shape index (κ3) is 4.37. The molecule has 0 aromatic heterocycles. The number of amides is 2. The summed E-state index contributed by atoms with van der Waals surface area (Å²) >= 11 is 11.8. The lowest BCUT2D eigenvalue weighted by Crippen LogP contribution is -2.46. The lowest BCUT2D eigenvalue weighted by atomic mass is 10.0. The number of likely N-dealkylation sites (tertiary alicyclic amines) is 1. The van der Waals surface area contributed by atoms with Gasteiger partial charge in [0.1, 0.15) is 0 Å². The molecule has 0 aliphatic carbocycles. The molecule has 4 nitrogen and oxygen atoms in total. The molecule has 2 aromatic carbocycles. The lowest BCUT2D eigenvalue weighted by molar-refractivity contribution is 0.0698. The quantitative estimate of drug-likeness (QED) is 0.847. The highest BCUT2D eigenvalue weighted by Gasteiger charge is 2.25. The van der Waals surface area contributed by atoms with Crippen LogP contribution in [0, 0.1) is 6.92 Å². The highest BCUT2D eigenvalue weighted by molar-refractivity contribution is 6.42. The molecule has 1 N–H and O–H groups in total. The van der Waals surface area contributed by atoms with Gasteiger partial charge in [-0.25, -0.2) is 0 Å². The van der Waals surface area contributed by atoms with E-state index in [0.29, 0.717) is 34.3 Å². The summed E-state index contributed by atoms with van der Waals surface area (Å²) in [5.41, 5.74) is 2.26. The third-order valence-corrected chi connectivity index (χ3v) is 5.30. The molecule has 26 heavy (non-hydrogen) atoms. The van der Waals surface area contributed by atoms with Gasteiger partial charge < -0.3 is 10.2 Å². The number of carbonyl (C=O) groups excluding carboxylic acids is 2. The van der Waals surface area contributed by atoms with Crippen LogP contribution in [0.5, 0.6) is 0 Å². The van der Waals surface area contributed by atoms with Gasteiger partial charge in [0.25, 0.3) is 11.8 Å². The van der Waals surface area contributed by atoms with Crippen molar-refractivity contribution in [3.8, 4) is 0 Å². The summed E-state index contributed by atoms with van der Waals surface area (Å²) in [6.07, 6.45) is 1.45. The first-order chi connectivity index (χ1) is 12.4. The van der Waals surface area contributed by atoms with Gasteiger partial charge in [-0.05, 0) is 50.1 Å². The Hall–Kier alpha value is -2.04. The molecule has 0 unspecified atom stereocenters. The number of carbonyl (C=O) groups is 2. The molecule has 2 aromatic rings. The molecule has 0 radical (unpaired) electrons. The van der Waals surface area contributed by atoms with E-state index in [-0.39, 0.29) is 17.9 Å². The van der Waals surface area contributed by atoms with Gasteiger partial charge in [0.15, 0.2) is 0 Å². The molecule has 136 valence electrons. The fourth-order valence-electron chi connectivity index (χ4n) is 3.09. The fourth-order valence-corrected chi connectivity index (χ4v) is 3.39. The van der Waals surface area contributed by atoms with Crippen molar-refractivity contribution in [2.45, 2.75) is 25.8 Å². The third-order valence-electron chi connectivity index (χ3n) is 4.56. The minimum Gasteiger partial charge on any atom is -0.349 e. The normalized spacial score (nSPS) is 15.0. The van der Waals surface area contributed by atoms with E-state index in [4.69, 9.17) is 23.2 Å². The van der Waals surface area contributed by atoms with Crippen molar-refractivity contribution in [3.05, 3.63) is 69.2 Å². The number of nitrogens with one attached hydrogen (secondary N) is 1. The van der Waals surface area contributed by atoms with Crippen LogP contribution in [0.3, 0.4) is 0 Å². The fraction of sp³-hybridized carbons (Fsp3) is 0.300. The van der Waals surface area contributed by atoms with Crippen molar-refractivity contribution in [1.29, 1.82) is 0 Å². The van der Waals surface area contributed by atoms with E-state index >= 15 is 0 Å². The van der Waals surface area contributed by atoms with Gasteiger partial charge in [0.2, 0.25) is 0 Å². The molecule has 3 rings (SSSR count). The molecule has 1 fully saturated rings. The molecule has 1 aliphatic rings. The lowest BCUT2D eigenvalue weighted by Gasteiger charge is -2.32. The molecule has 1 aliphatic heterocycles. The van der Waals surface area contributed by atoms with Gasteiger partial charge in [0.05, 0.1) is 10.0 Å². The summed E-state index contributed by atoms with van der Waals surface area (Å²) in [7, 11) is 0. The first-order valence-electron chi connectivity index (χ1n) is 8.56. The SMILES string of the molecule is Cc1cccc(C(=O)N2CCC(NC(=O)c3ccc(Cl)c(Cl)c3)CC2)c1. The Morgan fingerprint density at radius 3 is 2.38 bits per heavy atom. The van der Waals surface area contributed by atoms with Crippen molar-refractivity contribution >= 4 is 35.0 Å². The van der Waals surface area contributed by atoms with Crippen molar-refractivity contribution in [2.24, 2.45) is 0 Å². The smallest absolute Gasteiger partial charge is 0.253 e. The largest absolute Gasteiger partial charge is 0.349 e. The zero-order valence-corrected chi connectivity index (χ0v) is 16.0. The molecule has 0 spiro atoms. The Morgan fingerprint density at radius 2 is 1.73 bits per heavy atom. The maximum atomic E-state index is 12.6. The zero-order chi connectivity index (χ0) is 18.7. The number of piperidine rings is 1.